The lowest BCUT2D eigenvalue weighted by Crippen LogP contribution is -2.34. The Balaban J connectivity index is 1.66. The number of ether oxygens (including phenoxy) is 1. The number of methoxy groups -OCH3 is 1. The summed E-state index contributed by atoms with van der Waals surface area (Å²) in [5.74, 6) is 1.56. The molecule has 0 saturated carbocycles. The fourth-order valence-corrected chi connectivity index (χ4v) is 2.53. The number of nitrogens with one attached hydrogen (secondary N) is 1. The Hall–Kier alpha value is -3.06. The van der Waals surface area contributed by atoms with E-state index in [0.29, 0.717) is 29.0 Å². The minimum Gasteiger partial charge on any atom is -0.497 e. The molecule has 0 atom stereocenters. The Labute approximate surface area is 161 Å². The van der Waals surface area contributed by atoms with Crippen molar-refractivity contribution in [2.45, 2.75) is 13.5 Å². The maximum atomic E-state index is 12.5. The van der Waals surface area contributed by atoms with Crippen LogP contribution in [-0.2, 0) is 6.54 Å². The maximum absolute atomic E-state index is 12.5. The lowest BCUT2D eigenvalue weighted by atomic mass is 10.2. The van der Waals surface area contributed by atoms with Crippen molar-refractivity contribution in [1.82, 2.24) is 15.0 Å². The van der Waals surface area contributed by atoms with E-state index in [1.165, 1.54) is 0 Å². The smallest absolute Gasteiger partial charge is 0.322 e. The van der Waals surface area contributed by atoms with Gasteiger partial charge in [-0.1, -0.05) is 16.8 Å². The number of amides is 2. The van der Waals surface area contributed by atoms with Crippen molar-refractivity contribution >= 4 is 23.3 Å². The van der Waals surface area contributed by atoms with E-state index in [0.717, 1.165) is 11.3 Å². The monoisotopic (exact) mass is 386 g/mol. The molecule has 0 aliphatic rings. The van der Waals surface area contributed by atoms with E-state index in [4.69, 9.17) is 20.9 Å². The molecule has 1 heterocycles. The highest BCUT2D eigenvalue weighted by molar-refractivity contribution is 6.30. The molecule has 0 fully saturated rings. The highest BCUT2D eigenvalue weighted by atomic mass is 35.5. The van der Waals surface area contributed by atoms with E-state index < -0.39 is 0 Å². The average molecular weight is 387 g/mol. The van der Waals surface area contributed by atoms with E-state index in [9.17, 15) is 4.79 Å². The molecule has 8 heteroatoms. The molecule has 140 valence electrons. The van der Waals surface area contributed by atoms with E-state index in [1.807, 2.05) is 31.2 Å². The molecule has 3 rings (SSSR count). The van der Waals surface area contributed by atoms with E-state index >= 15 is 0 Å². The van der Waals surface area contributed by atoms with Gasteiger partial charge in [0.05, 0.1) is 7.11 Å². The second-order valence-corrected chi connectivity index (χ2v) is 6.13. The highest BCUT2D eigenvalue weighted by Crippen LogP contribution is 2.20. The predicted octanol–water partition coefficient (Wildman–Crippen LogP) is 4.45. The SMILES string of the molecule is CCN(Cc1nc(-c2ccc(OC)cc2)no1)C(=O)Nc1ccc(Cl)cc1. The van der Waals surface area contributed by atoms with Crippen LogP contribution in [0.15, 0.2) is 53.1 Å². The van der Waals surface area contributed by atoms with Gasteiger partial charge in [-0.3, -0.25) is 0 Å². The van der Waals surface area contributed by atoms with Crippen LogP contribution in [0.3, 0.4) is 0 Å². The first-order valence-electron chi connectivity index (χ1n) is 8.37. The number of rotatable bonds is 6. The third kappa shape index (κ3) is 4.77. The number of urea groups is 1. The van der Waals surface area contributed by atoms with Gasteiger partial charge in [0.2, 0.25) is 11.7 Å². The van der Waals surface area contributed by atoms with Gasteiger partial charge in [0, 0.05) is 22.8 Å². The molecular weight excluding hydrogens is 368 g/mol. The summed E-state index contributed by atoms with van der Waals surface area (Å²) in [6, 6.07) is 14.0. The summed E-state index contributed by atoms with van der Waals surface area (Å²) in [5, 5.41) is 7.41. The van der Waals surface area contributed by atoms with Gasteiger partial charge in [0.25, 0.3) is 0 Å². The molecule has 27 heavy (non-hydrogen) atoms. The Morgan fingerprint density at radius 3 is 2.52 bits per heavy atom. The normalized spacial score (nSPS) is 10.5. The molecule has 0 spiro atoms. The van der Waals surface area contributed by atoms with Crippen LogP contribution in [0.2, 0.25) is 5.02 Å². The first-order chi connectivity index (χ1) is 13.1. The van der Waals surface area contributed by atoms with Crippen LogP contribution >= 0.6 is 11.6 Å². The molecule has 2 amide bonds. The summed E-state index contributed by atoms with van der Waals surface area (Å²) in [5.41, 5.74) is 1.46. The van der Waals surface area contributed by atoms with Gasteiger partial charge in [0.1, 0.15) is 12.3 Å². The Morgan fingerprint density at radius 1 is 1.19 bits per heavy atom. The maximum Gasteiger partial charge on any atom is 0.322 e. The molecule has 3 aromatic rings. The molecule has 2 aromatic carbocycles. The number of aromatic nitrogens is 2. The molecular formula is C19H19ClN4O3. The van der Waals surface area contributed by atoms with Crippen molar-refractivity contribution in [2.24, 2.45) is 0 Å². The largest absolute Gasteiger partial charge is 0.497 e. The summed E-state index contributed by atoms with van der Waals surface area (Å²) in [6.45, 7) is 2.57. The first kappa shape index (κ1) is 18.7. The zero-order valence-electron chi connectivity index (χ0n) is 15.0. The molecule has 7 nitrogen and oxygen atoms in total. The average Bonchev–Trinajstić information content (AvgIpc) is 3.16. The summed E-state index contributed by atoms with van der Waals surface area (Å²) in [7, 11) is 1.61. The summed E-state index contributed by atoms with van der Waals surface area (Å²) < 4.78 is 10.4. The van der Waals surface area contributed by atoms with Crippen molar-refractivity contribution in [3.8, 4) is 17.1 Å². The standard InChI is InChI=1S/C19H19ClN4O3/c1-3-24(19(25)21-15-8-6-14(20)7-9-15)12-17-22-18(23-27-17)13-4-10-16(26-2)11-5-13/h4-11H,3,12H2,1-2H3,(H,21,25). The topological polar surface area (TPSA) is 80.5 Å². The fourth-order valence-electron chi connectivity index (χ4n) is 2.40. The Bertz CT molecular complexity index is 894. The quantitative estimate of drug-likeness (QED) is 0.676. The lowest BCUT2D eigenvalue weighted by molar-refractivity contribution is 0.203. The predicted molar refractivity (Wildman–Crippen MR) is 103 cm³/mol. The molecule has 1 aromatic heterocycles. The van der Waals surface area contributed by atoms with Crippen molar-refractivity contribution < 1.29 is 14.1 Å². The summed E-state index contributed by atoms with van der Waals surface area (Å²) >= 11 is 5.86. The highest BCUT2D eigenvalue weighted by Gasteiger charge is 2.17. The van der Waals surface area contributed by atoms with Gasteiger partial charge >= 0.3 is 6.03 Å². The van der Waals surface area contributed by atoms with Crippen LogP contribution in [0.4, 0.5) is 10.5 Å². The van der Waals surface area contributed by atoms with Crippen LogP contribution in [0.1, 0.15) is 12.8 Å². The Morgan fingerprint density at radius 2 is 1.89 bits per heavy atom. The summed E-state index contributed by atoms with van der Waals surface area (Å²) in [6.07, 6.45) is 0. The first-order valence-corrected chi connectivity index (χ1v) is 8.75. The van der Waals surface area contributed by atoms with Crippen molar-refractivity contribution in [1.29, 1.82) is 0 Å². The molecule has 0 aliphatic heterocycles. The Kier molecular flexibility index (Phi) is 5.93. The van der Waals surface area contributed by atoms with Crippen LogP contribution in [0.5, 0.6) is 5.75 Å². The van der Waals surface area contributed by atoms with Crippen LogP contribution < -0.4 is 10.1 Å². The van der Waals surface area contributed by atoms with Crippen molar-refractivity contribution in [3.63, 3.8) is 0 Å². The number of hydrogen-bond acceptors (Lipinski definition) is 5. The second kappa shape index (κ2) is 8.55. The lowest BCUT2D eigenvalue weighted by Gasteiger charge is -2.19. The van der Waals surface area contributed by atoms with Gasteiger partial charge in [-0.15, -0.1) is 0 Å². The molecule has 0 bridgehead atoms. The van der Waals surface area contributed by atoms with Gasteiger partial charge in [-0.2, -0.15) is 4.98 Å². The molecule has 1 N–H and O–H groups in total. The molecule has 0 aliphatic carbocycles. The van der Waals surface area contributed by atoms with Gasteiger partial charge in [-0.05, 0) is 55.5 Å². The van der Waals surface area contributed by atoms with Gasteiger partial charge in [0.15, 0.2) is 0 Å². The van der Waals surface area contributed by atoms with E-state index in [2.05, 4.69) is 15.5 Å². The van der Waals surface area contributed by atoms with Crippen LogP contribution in [0, 0.1) is 0 Å². The third-order valence-electron chi connectivity index (χ3n) is 3.91. The van der Waals surface area contributed by atoms with Crippen molar-refractivity contribution in [3.05, 3.63) is 59.4 Å². The zero-order chi connectivity index (χ0) is 19.2. The fraction of sp³-hybridized carbons (Fsp3) is 0.211. The second-order valence-electron chi connectivity index (χ2n) is 5.69. The number of carbonyl (C=O) groups excluding carboxylic acids is 1. The number of hydrogen-bond donors (Lipinski definition) is 1. The van der Waals surface area contributed by atoms with Crippen molar-refractivity contribution in [2.75, 3.05) is 19.0 Å². The number of benzene rings is 2. The van der Waals surface area contributed by atoms with Gasteiger partial charge in [-0.25, -0.2) is 4.79 Å². The minimum atomic E-state index is -0.260. The van der Waals surface area contributed by atoms with Crippen LogP contribution in [-0.4, -0.2) is 34.7 Å². The number of nitrogens with zero attached hydrogens (tertiary/aromatic N) is 3. The number of halogens is 1. The number of carbonyl (C=O) groups is 1. The van der Waals surface area contributed by atoms with E-state index in [-0.39, 0.29) is 12.6 Å². The third-order valence-corrected chi connectivity index (χ3v) is 4.16. The summed E-state index contributed by atoms with van der Waals surface area (Å²) in [4.78, 5) is 18.4. The number of anilines is 1. The van der Waals surface area contributed by atoms with Gasteiger partial charge < -0.3 is 19.5 Å². The molecule has 0 unspecified atom stereocenters. The zero-order valence-corrected chi connectivity index (χ0v) is 15.7. The van der Waals surface area contributed by atoms with E-state index in [1.54, 1.807) is 36.3 Å². The molecule has 0 radical (unpaired) electrons. The molecule has 0 saturated heterocycles. The minimum absolute atomic E-state index is 0.207. The van der Waals surface area contributed by atoms with Crippen LogP contribution in [0.25, 0.3) is 11.4 Å².